The summed E-state index contributed by atoms with van der Waals surface area (Å²) in [5.74, 6) is 0.256. The predicted octanol–water partition coefficient (Wildman–Crippen LogP) is 4.01. The van der Waals surface area contributed by atoms with Crippen LogP contribution in [0.1, 0.15) is 21.5 Å². The number of benzene rings is 2. The number of hydrogen-bond acceptors (Lipinski definition) is 3. The molecule has 0 aliphatic heterocycles. The first kappa shape index (κ1) is 14.4. The molecule has 0 N–H and O–H groups in total. The molecule has 0 spiro atoms. The molecule has 20 heavy (non-hydrogen) atoms. The largest absolute Gasteiger partial charge is 0.489 e. The van der Waals surface area contributed by atoms with E-state index in [1.807, 2.05) is 43.3 Å². The Bertz CT molecular complexity index is 623. The van der Waals surface area contributed by atoms with Gasteiger partial charge in [0.1, 0.15) is 12.4 Å². The maximum Gasteiger partial charge on any atom is 0.338 e. The Balaban J connectivity index is 2.12. The lowest BCUT2D eigenvalue weighted by molar-refractivity contribution is 0.0599. The highest BCUT2D eigenvalue weighted by Crippen LogP contribution is 2.20. The summed E-state index contributed by atoms with van der Waals surface area (Å²) in [6.45, 7) is 2.25. The molecule has 4 heteroatoms. The van der Waals surface area contributed by atoms with Crippen LogP contribution in [0.15, 0.2) is 42.5 Å². The fourth-order valence-electron chi connectivity index (χ4n) is 1.81. The van der Waals surface area contributed by atoms with Gasteiger partial charge in [0.15, 0.2) is 0 Å². The van der Waals surface area contributed by atoms with Crippen LogP contribution in [0, 0.1) is 6.92 Å². The van der Waals surface area contributed by atoms with Gasteiger partial charge >= 0.3 is 5.97 Å². The van der Waals surface area contributed by atoms with E-state index in [-0.39, 0.29) is 5.97 Å². The summed E-state index contributed by atoms with van der Waals surface area (Å²) in [4.78, 5) is 11.6. The van der Waals surface area contributed by atoms with E-state index in [1.54, 1.807) is 6.07 Å². The van der Waals surface area contributed by atoms with Crippen LogP contribution in [0.2, 0.25) is 5.02 Å². The highest BCUT2D eigenvalue weighted by atomic mass is 35.5. The Morgan fingerprint density at radius 2 is 2.00 bits per heavy atom. The van der Waals surface area contributed by atoms with E-state index in [4.69, 9.17) is 21.1 Å². The lowest BCUT2D eigenvalue weighted by Crippen LogP contribution is -2.04. The summed E-state index contributed by atoms with van der Waals surface area (Å²) in [7, 11) is 1.36. The number of rotatable bonds is 4. The third-order valence-corrected chi connectivity index (χ3v) is 3.14. The van der Waals surface area contributed by atoms with Crippen LogP contribution in [0.4, 0.5) is 0 Å². The molecule has 0 amide bonds. The first-order chi connectivity index (χ1) is 9.60. The van der Waals surface area contributed by atoms with Crippen molar-refractivity contribution in [2.24, 2.45) is 0 Å². The SMILES string of the molecule is COC(=O)c1cc(OCc2cccc(Cl)c2)ccc1C. The number of methoxy groups -OCH3 is 1. The third kappa shape index (κ3) is 3.52. The van der Waals surface area contributed by atoms with Gasteiger partial charge in [0.25, 0.3) is 0 Å². The van der Waals surface area contributed by atoms with Crippen molar-refractivity contribution in [2.45, 2.75) is 13.5 Å². The zero-order chi connectivity index (χ0) is 14.5. The Morgan fingerprint density at radius 3 is 2.70 bits per heavy atom. The molecule has 0 aliphatic carbocycles. The van der Waals surface area contributed by atoms with Crippen LogP contribution in [0.5, 0.6) is 5.75 Å². The summed E-state index contributed by atoms with van der Waals surface area (Å²) in [5.41, 5.74) is 2.33. The van der Waals surface area contributed by atoms with Crippen molar-refractivity contribution in [3.8, 4) is 5.75 Å². The molecule has 0 aromatic heterocycles. The molecule has 0 unspecified atom stereocenters. The van der Waals surface area contributed by atoms with Crippen LogP contribution in [0.25, 0.3) is 0 Å². The minimum atomic E-state index is -0.365. The van der Waals surface area contributed by atoms with E-state index in [9.17, 15) is 4.79 Å². The standard InChI is InChI=1S/C16H15ClO3/c1-11-6-7-14(9-15(11)16(18)19-2)20-10-12-4-3-5-13(17)8-12/h3-9H,10H2,1-2H3. The molecule has 0 radical (unpaired) electrons. The molecule has 104 valence electrons. The Hall–Kier alpha value is -2.00. The van der Waals surface area contributed by atoms with Crippen molar-refractivity contribution in [3.05, 3.63) is 64.2 Å². The van der Waals surface area contributed by atoms with E-state index in [1.165, 1.54) is 7.11 Å². The number of halogens is 1. The van der Waals surface area contributed by atoms with Crippen LogP contribution in [-0.4, -0.2) is 13.1 Å². The predicted molar refractivity (Wildman–Crippen MR) is 78.3 cm³/mol. The maximum absolute atomic E-state index is 11.6. The summed E-state index contributed by atoms with van der Waals surface area (Å²) < 4.78 is 10.4. The zero-order valence-electron chi connectivity index (χ0n) is 11.4. The summed E-state index contributed by atoms with van der Waals surface area (Å²) >= 11 is 5.92. The van der Waals surface area contributed by atoms with Gasteiger partial charge in [0.2, 0.25) is 0 Å². The average molecular weight is 291 g/mol. The van der Waals surface area contributed by atoms with Gasteiger partial charge in [-0.15, -0.1) is 0 Å². The van der Waals surface area contributed by atoms with Gasteiger partial charge < -0.3 is 9.47 Å². The zero-order valence-corrected chi connectivity index (χ0v) is 12.1. The first-order valence-corrected chi connectivity index (χ1v) is 6.54. The van der Waals surface area contributed by atoms with Gasteiger partial charge in [0.05, 0.1) is 12.7 Å². The van der Waals surface area contributed by atoms with E-state index in [2.05, 4.69) is 0 Å². The monoisotopic (exact) mass is 290 g/mol. The average Bonchev–Trinajstić information content (AvgIpc) is 2.45. The van der Waals surface area contributed by atoms with Crippen molar-refractivity contribution in [1.29, 1.82) is 0 Å². The van der Waals surface area contributed by atoms with Gasteiger partial charge in [-0.25, -0.2) is 4.79 Å². The lowest BCUT2D eigenvalue weighted by Gasteiger charge is -2.09. The smallest absolute Gasteiger partial charge is 0.338 e. The summed E-state index contributed by atoms with van der Waals surface area (Å²) in [6, 6.07) is 12.8. The molecular weight excluding hydrogens is 276 g/mol. The number of esters is 1. The van der Waals surface area contributed by atoms with E-state index < -0.39 is 0 Å². The minimum Gasteiger partial charge on any atom is -0.489 e. The molecule has 3 nitrogen and oxygen atoms in total. The molecule has 2 aromatic rings. The van der Waals surface area contributed by atoms with Gasteiger partial charge in [-0.2, -0.15) is 0 Å². The van der Waals surface area contributed by atoms with E-state index in [0.717, 1.165) is 11.1 Å². The number of ether oxygens (including phenoxy) is 2. The quantitative estimate of drug-likeness (QED) is 0.798. The molecular formula is C16H15ClO3. The van der Waals surface area contributed by atoms with E-state index in [0.29, 0.717) is 22.9 Å². The van der Waals surface area contributed by atoms with Crippen molar-refractivity contribution in [1.82, 2.24) is 0 Å². The van der Waals surface area contributed by atoms with Crippen molar-refractivity contribution in [3.63, 3.8) is 0 Å². The molecule has 2 aromatic carbocycles. The first-order valence-electron chi connectivity index (χ1n) is 6.16. The van der Waals surface area contributed by atoms with Crippen molar-refractivity contribution in [2.75, 3.05) is 7.11 Å². The molecule has 2 rings (SSSR count). The fraction of sp³-hybridized carbons (Fsp3) is 0.188. The molecule has 0 saturated heterocycles. The number of hydrogen-bond donors (Lipinski definition) is 0. The maximum atomic E-state index is 11.6. The lowest BCUT2D eigenvalue weighted by atomic mass is 10.1. The topological polar surface area (TPSA) is 35.5 Å². The molecule has 0 aliphatic rings. The second-order valence-electron chi connectivity index (χ2n) is 4.39. The summed E-state index contributed by atoms with van der Waals surface area (Å²) in [6.07, 6.45) is 0. The second-order valence-corrected chi connectivity index (χ2v) is 4.82. The molecule has 0 saturated carbocycles. The normalized spacial score (nSPS) is 10.2. The van der Waals surface area contributed by atoms with Gasteiger partial charge in [-0.05, 0) is 42.3 Å². The molecule has 0 atom stereocenters. The Labute approximate surface area is 123 Å². The highest BCUT2D eigenvalue weighted by Gasteiger charge is 2.10. The van der Waals surface area contributed by atoms with Gasteiger partial charge in [0, 0.05) is 5.02 Å². The van der Waals surface area contributed by atoms with Crippen molar-refractivity contribution < 1.29 is 14.3 Å². The Morgan fingerprint density at radius 1 is 1.20 bits per heavy atom. The molecule has 0 fully saturated rings. The van der Waals surface area contributed by atoms with Crippen LogP contribution < -0.4 is 4.74 Å². The molecule has 0 heterocycles. The van der Waals surface area contributed by atoms with Gasteiger partial charge in [-0.1, -0.05) is 29.8 Å². The van der Waals surface area contributed by atoms with Gasteiger partial charge in [-0.3, -0.25) is 0 Å². The number of carbonyl (C=O) groups is 1. The fourth-order valence-corrected chi connectivity index (χ4v) is 2.03. The second kappa shape index (κ2) is 6.44. The minimum absolute atomic E-state index is 0.365. The van der Waals surface area contributed by atoms with Crippen LogP contribution >= 0.6 is 11.6 Å². The number of aryl methyl sites for hydroxylation is 1. The van der Waals surface area contributed by atoms with E-state index >= 15 is 0 Å². The van der Waals surface area contributed by atoms with Crippen molar-refractivity contribution >= 4 is 17.6 Å². The number of carbonyl (C=O) groups excluding carboxylic acids is 1. The van der Waals surface area contributed by atoms with Crippen LogP contribution in [0.3, 0.4) is 0 Å². The third-order valence-electron chi connectivity index (χ3n) is 2.91. The highest BCUT2D eigenvalue weighted by molar-refractivity contribution is 6.30. The summed E-state index contributed by atoms with van der Waals surface area (Å²) in [5, 5.41) is 0.672. The Kier molecular flexibility index (Phi) is 4.64. The van der Waals surface area contributed by atoms with Crippen LogP contribution in [-0.2, 0) is 11.3 Å². The molecule has 0 bridgehead atoms.